The molecule has 0 aliphatic carbocycles. The highest BCUT2D eigenvalue weighted by atomic mass is 35.5. The summed E-state index contributed by atoms with van der Waals surface area (Å²) in [4.78, 5) is 0. The Bertz CT molecular complexity index is 661. The van der Waals surface area contributed by atoms with Crippen LogP contribution < -0.4 is 10.1 Å². The van der Waals surface area contributed by atoms with Gasteiger partial charge in [0.2, 0.25) is 0 Å². The van der Waals surface area contributed by atoms with Gasteiger partial charge in [0.1, 0.15) is 0 Å². The fraction of sp³-hybridized carbons (Fsp3) is 0.250. The van der Waals surface area contributed by atoms with Crippen LogP contribution in [-0.2, 0) is 0 Å². The molecule has 0 heterocycles. The van der Waals surface area contributed by atoms with Crippen molar-refractivity contribution in [3.63, 3.8) is 0 Å². The smallest absolute Gasteiger partial charge is 0.165 e. The zero-order chi connectivity index (χ0) is 15.6. The third kappa shape index (κ3) is 3.60. The van der Waals surface area contributed by atoms with Gasteiger partial charge in [-0.3, -0.25) is 0 Å². The standard InChI is InChI=1S/C16H16Cl2FNO/c1-9-6-13(18)15(8-12(9)17)20-10(2)11-4-5-14(19)16(7-11)21-3/h4-8,10,20H,1-3H3. The normalized spacial score (nSPS) is 12.1. The molecule has 112 valence electrons. The fourth-order valence-electron chi connectivity index (χ4n) is 2.02. The Kier molecular flexibility index (Phi) is 4.96. The molecule has 1 N–H and O–H groups in total. The molecule has 2 aromatic rings. The third-order valence-corrected chi connectivity index (χ3v) is 4.02. The number of benzene rings is 2. The van der Waals surface area contributed by atoms with E-state index >= 15 is 0 Å². The van der Waals surface area contributed by atoms with E-state index in [-0.39, 0.29) is 17.6 Å². The molecule has 1 unspecified atom stereocenters. The maximum Gasteiger partial charge on any atom is 0.165 e. The summed E-state index contributed by atoms with van der Waals surface area (Å²) < 4.78 is 18.4. The second kappa shape index (κ2) is 6.54. The number of halogens is 3. The van der Waals surface area contributed by atoms with Crippen molar-refractivity contribution in [1.29, 1.82) is 0 Å². The average molecular weight is 328 g/mol. The Balaban J connectivity index is 2.25. The Labute approximate surface area is 133 Å². The van der Waals surface area contributed by atoms with Crippen LogP contribution >= 0.6 is 23.2 Å². The molecule has 2 aromatic carbocycles. The van der Waals surface area contributed by atoms with Crippen LogP contribution in [0.2, 0.25) is 10.0 Å². The van der Waals surface area contributed by atoms with E-state index in [4.69, 9.17) is 27.9 Å². The highest BCUT2D eigenvalue weighted by Gasteiger charge is 2.12. The number of nitrogens with one attached hydrogen (secondary N) is 1. The maximum absolute atomic E-state index is 13.4. The lowest BCUT2D eigenvalue weighted by Crippen LogP contribution is -2.07. The van der Waals surface area contributed by atoms with E-state index in [2.05, 4.69) is 5.32 Å². The lowest BCUT2D eigenvalue weighted by Gasteiger charge is -2.18. The van der Waals surface area contributed by atoms with Gasteiger partial charge in [-0.2, -0.15) is 0 Å². The van der Waals surface area contributed by atoms with Gasteiger partial charge in [0.25, 0.3) is 0 Å². The maximum atomic E-state index is 13.4. The van der Waals surface area contributed by atoms with E-state index < -0.39 is 0 Å². The molecule has 2 nitrogen and oxygen atoms in total. The molecule has 5 heteroatoms. The van der Waals surface area contributed by atoms with Crippen LogP contribution in [0.15, 0.2) is 30.3 Å². The second-order valence-electron chi connectivity index (χ2n) is 4.84. The first-order valence-electron chi connectivity index (χ1n) is 6.48. The second-order valence-corrected chi connectivity index (χ2v) is 5.66. The molecule has 0 radical (unpaired) electrons. The minimum Gasteiger partial charge on any atom is -0.494 e. The van der Waals surface area contributed by atoms with E-state index in [0.29, 0.717) is 10.0 Å². The van der Waals surface area contributed by atoms with Crippen molar-refractivity contribution in [2.24, 2.45) is 0 Å². The molecule has 2 rings (SSSR count). The monoisotopic (exact) mass is 327 g/mol. The molecule has 0 saturated carbocycles. The van der Waals surface area contributed by atoms with Crippen molar-refractivity contribution < 1.29 is 9.13 Å². The predicted molar refractivity (Wildman–Crippen MR) is 86.2 cm³/mol. The van der Waals surface area contributed by atoms with Gasteiger partial charge in [-0.25, -0.2) is 4.39 Å². The van der Waals surface area contributed by atoms with Crippen molar-refractivity contribution in [2.75, 3.05) is 12.4 Å². The lowest BCUT2D eigenvalue weighted by atomic mass is 10.1. The molecule has 0 spiro atoms. The predicted octanol–water partition coefficient (Wildman–Crippen LogP) is 5.62. The van der Waals surface area contributed by atoms with E-state index in [1.54, 1.807) is 18.2 Å². The van der Waals surface area contributed by atoms with Gasteiger partial charge in [-0.15, -0.1) is 0 Å². The number of rotatable bonds is 4. The van der Waals surface area contributed by atoms with Crippen molar-refractivity contribution in [1.82, 2.24) is 0 Å². The van der Waals surface area contributed by atoms with Gasteiger partial charge >= 0.3 is 0 Å². The number of hydrogen-bond acceptors (Lipinski definition) is 2. The zero-order valence-corrected chi connectivity index (χ0v) is 13.5. The zero-order valence-electron chi connectivity index (χ0n) is 12.0. The number of methoxy groups -OCH3 is 1. The Morgan fingerprint density at radius 1 is 1.14 bits per heavy atom. The van der Waals surface area contributed by atoms with Gasteiger partial charge < -0.3 is 10.1 Å². The lowest BCUT2D eigenvalue weighted by molar-refractivity contribution is 0.385. The van der Waals surface area contributed by atoms with Crippen LogP contribution in [-0.4, -0.2) is 7.11 Å². The summed E-state index contributed by atoms with van der Waals surface area (Å²) >= 11 is 12.3. The van der Waals surface area contributed by atoms with E-state index in [9.17, 15) is 4.39 Å². The summed E-state index contributed by atoms with van der Waals surface area (Å²) in [6.45, 7) is 3.85. The summed E-state index contributed by atoms with van der Waals surface area (Å²) in [7, 11) is 1.44. The number of hydrogen-bond donors (Lipinski definition) is 1. The average Bonchev–Trinajstić information content (AvgIpc) is 2.45. The van der Waals surface area contributed by atoms with E-state index in [1.807, 2.05) is 19.9 Å². The van der Waals surface area contributed by atoms with Crippen LogP contribution in [0.3, 0.4) is 0 Å². The largest absolute Gasteiger partial charge is 0.494 e. The third-order valence-electron chi connectivity index (χ3n) is 3.30. The SMILES string of the molecule is COc1cc(C(C)Nc2cc(Cl)c(C)cc2Cl)ccc1F. The first kappa shape index (κ1) is 15.9. The fourth-order valence-corrected chi connectivity index (χ4v) is 2.46. The van der Waals surface area contributed by atoms with Crippen LogP contribution in [0.4, 0.5) is 10.1 Å². The van der Waals surface area contributed by atoms with Gasteiger partial charge in [0.05, 0.1) is 17.8 Å². The molecule has 0 fully saturated rings. The molecule has 0 aromatic heterocycles. The molecule has 0 aliphatic heterocycles. The van der Waals surface area contributed by atoms with Gasteiger partial charge in [-0.05, 0) is 49.2 Å². The molecule has 0 amide bonds. The number of anilines is 1. The quantitative estimate of drug-likeness (QED) is 0.786. The highest BCUT2D eigenvalue weighted by molar-refractivity contribution is 6.35. The molecule has 21 heavy (non-hydrogen) atoms. The summed E-state index contributed by atoms with van der Waals surface area (Å²) in [5.41, 5.74) is 2.55. The Hall–Kier alpha value is -1.45. The minimum atomic E-state index is -0.384. The molecule has 1 atom stereocenters. The summed E-state index contributed by atoms with van der Waals surface area (Å²) in [5, 5.41) is 4.51. The molecule has 0 bridgehead atoms. The van der Waals surface area contributed by atoms with Gasteiger partial charge in [0, 0.05) is 11.1 Å². The summed E-state index contributed by atoms with van der Waals surface area (Å²) in [6.07, 6.45) is 0. The van der Waals surface area contributed by atoms with Crippen molar-refractivity contribution in [3.8, 4) is 5.75 Å². The summed E-state index contributed by atoms with van der Waals surface area (Å²) in [5.74, 6) is -0.168. The van der Waals surface area contributed by atoms with Crippen molar-refractivity contribution >= 4 is 28.9 Å². The van der Waals surface area contributed by atoms with Crippen LogP contribution in [0.1, 0.15) is 24.1 Å². The highest BCUT2D eigenvalue weighted by Crippen LogP contribution is 2.32. The topological polar surface area (TPSA) is 21.3 Å². The minimum absolute atomic E-state index is 0.0734. The number of ether oxygens (including phenoxy) is 1. The van der Waals surface area contributed by atoms with Crippen LogP contribution in [0.25, 0.3) is 0 Å². The van der Waals surface area contributed by atoms with Crippen molar-refractivity contribution in [3.05, 3.63) is 57.3 Å². The van der Waals surface area contributed by atoms with E-state index in [1.165, 1.54) is 13.2 Å². The molecular weight excluding hydrogens is 312 g/mol. The first-order valence-corrected chi connectivity index (χ1v) is 7.23. The molecular formula is C16H16Cl2FNO. The molecule has 0 saturated heterocycles. The van der Waals surface area contributed by atoms with Crippen LogP contribution in [0, 0.1) is 12.7 Å². The first-order chi connectivity index (χ1) is 9.92. The van der Waals surface area contributed by atoms with Gasteiger partial charge in [0.15, 0.2) is 11.6 Å². The van der Waals surface area contributed by atoms with Crippen LogP contribution in [0.5, 0.6) is 5.75 Å². The summed E-state index contributed by atoms with van der Waals surface area (Å²) in [6, 6.07) is 8.28. The Morgan fingerprint density at radius 2 is 1.86 bits per heavy atom. The Morgan fingerprint density at radius 3 is 2.52 bits per heavy atom. The van der Waals surface area contributed by atoms with E-state index in [0.717, 1.165) is 16.8 Å². The van der Waals surface area contributed by atoms with Gasteiger partial charge in [-0.1, -0.05) is 29.3 Å². The van der Waals surface area contributed by atoms with Crippen molar-refractivity contribution in [2.45, 2.75) is 19.9 Å². The number of aryl methyl sites for hydroxylation is 1. The molecule has 0 aliphatic rings.